The normalized spacial score (nSPS) is 11.5. The molecule has 0 saturated carbocycles. The fraction of sp³-hybridized carbons (Fsp3) is 0.222. The third-order valence-corrected chi connectivity index (χ3v) is 1.62. The van der Waals surface area contributed by atoms with Gasteiger partial charge in [0.15, 0.2) is 0 Å². The van der Waals surface area contributed by atoms with Gasteiger partial charge in [-0.05, 0) is 12.0 Å². The molecule has 1 aromatic rings. The van der Waals surface area contributed by atoms with E-state index in [1.54, 1.807) is 0 Å². The molecule has 72 valence electrons. The van der Waals surface area contributed by atoms with E-state index in [-0.39, 0.29) is 12.4 Å². The van der Waals surface area contributed by atoms with Gasteiger partial charge in [0, 0.05) is 0 Å². The van der Waals surface area contributed by atoms with E-state index in [0.717, 1.165) is 5.56 Å². The predicted octanol–water partition coefficient (Wildman–Crippen LogP) is 1.06. The first-order valence-corrected chi connectivity index (χ1v) is 3.72. The summed E-state index contributed by atoms with van der Waals surface area (Å²) in [6, 6.07) is 8.54. The number of carbonyl (C=O) groups is 1. The van der Waals surface area contributed by atoms with Crippen molar-refractivity contribution in [2.24, 2.45) is 5.73 Å². The molecule has 1 rings (SSSR count). The molecule has 0 aromatic heterocycles. The maximum atomic E-state index is 10.4. The van der Waals surface area contributed by atoms with E-state index in [9.17, 15) is 4.79 Å². The molecule has 4 heteroatoms. The van der Waals surface area contributed by atoms with Gasteiger partial charge in [0.25, 0.3) is 0 Å². The van der Waals surface area contributed by atoms with E-state index in [4.69, 9.17) is 10.8 Å². The molecule has 1 atom stereocenters. The minimum Gasteiger partial charge on any atom is -0.480 e. The Morgan fingerprint density at radius 2 is 1.92 bits per heavy atom. The molecule has 0 spiro atoms. The van der Waals surface area contributed by atoms with Crippen LogP contribution < -0.4 is 5.73 Å². The molecule has 0 saturated heterocycles. The van der Waals surface area contributed by atoms with Crippen LogP contribution in [-0.4, -0.2) is 17.1 Å². The summed E-state index contributed by atoms with van der Waals surface area (Å²) in [6.07, 6.45) is 0.385. The fourth-order valence-electron chi connectivity index (χ4n) is 0.955. The van der Waals surface area contributed by atoms with Crippen LogP contribution in [0.25, 0.3) is 0 Å². The van der Waals surface area contributed by atoms with Gasteiger partial charge in [0.1, 0.15) is 6.04 Å². The van der Waals surface area contributed by atoms with Gasteiger partial charge < -0.3 is 10.8 Å². The minimum absolute atomic E-state index is 0. The number of halogens is 1. The first-order chi connectivity index (χ1) is 5.70. The molecule has 0 aliphatic heterocycles. The quantitative estimate of drug-likeness (QED) is 0.769. The van der Waals surface area contributed by atoms with Crippen LogP contribution in [0.5, 0.6) is 0 Å². The molecule has 3 nitrogen and oxygen atoms in total. The lowest BCUT2D eigenvalue weighted by Gasteiger charge is -2.04. The number of nitrogens with two attached hydrogens (primary N) is 1. The Kier molecular flexibility index (Phi) is 5.11. The topological polar surface area (TPSA) is 63.3 Å². The summed E-state index contributed by atoms with van der Waals surface area (Å²) < 4.78 is 0. The second-order valence-electron chi connectivity index (χ2n) is 2.63. The van der Waals surface area contributed by atoms with Crippen molar-refractivity contribution in [3.05, 3.63) is 35.9 Å². The zero-order chi connectivity index (χ0) is 8.97. The first-order valence-electron chi connectivity index (χ1n) is 3.72. The maximum Gasteiger partial charge on any atom is 0.320 e. The average molecular weight is 202 g/mol. The van der Waals surface area contributed by atoms with E-state index in [1.165, 1.54) is 0 Å². The average Bonchev–Trinajstić information content (AvgIpc) is 2.06. The summed E-state index contributed by atoms with van der Waals surface area (Å²) in [6.45, 7) is 0. The van der Waals surface area contributed by atoms with Gasteiger partial charge in [-0.15, -0.1) is 12.4 Å². The SMILES string of the molecule is Cl.N[C@H](Cc1ccccc1)C(=O)O. The van der Waals surface area contributed by atoms with Crippen molar-refractivity contribution in [1.29, 1.82) is 0 Å². The molecular weight excluding hydrogens is 190 g/mol. The van der Waals surface area contributed by atoms with Crippen molar-refractivity contribution >= 4 is 18.4 Å². The van der Waals surface area contributed by atoms with Gasteiger partial charge in [-0.2, -0.15) is 0 Å². The predicted molar refractivity (Wildman–Crippen MR) is 53.0 cm³/mol. The Hall–Kier alpha value is -1.06. The second kappa shape index (κ2) is 5.56. The van der Waals surface area contributed by atoms with Crippen LogP contribution in [0.2, 0.25) is 0 Å². The van der Waals surface area contributed by atoms with Crippen LogP contribution in [0.1, 0.15) is 5.56 Å². The Balaban J connectivity index is 0.00000144. The summed E-state index contributed by atoms with van der Waals surface area (Å²) in [7, 11) is 0. The molecule has 0 aliphatic carbocycles. The number of benzene rings is 1. The van der Waals surface area contributed by atoms with Crippen molar-refractivity contribution in [1.82, 2.24) is 0 Å². The lowest BCUT2D eigenvalue weighted by atomic mass is 10.1. The van der Waals surface area contributed by atoms with E-state index in [2.05, 4.69) is 0 Å². The summed E-state index contributed by atoms with van der Waals surface area (Å²) in [4.78, 5) is 10.4. The number of hydrogen-bond acceptors (Lipinski definition) is 2. The number of rotatable bonds is 3. The third-order valence-electron chi connectivity index (χ3n) is 1.62. The monoisotopic (exact) mass is 201 g/mol. The van der Waals surface area contributed by atoms with Gasteiger partial charge in [0.2, 0.25) is 0 Å². The third kappa shape index (κ3) is 3.92. The van der Waals surface area contributed by atoms with Crippen LogP contribution in [0.3, 0.4) is 0 Å². The Morgan fingerprint density at radius 1 is 1.38 bits per heavy atom. The van der Waals surface area contributed by atoms with Crippen LogP contribution in [0.4, 0.5) is 0 Å². The van der Waals surface area contributed by atoms with Crippen molar-refractivity contribution in [3.63, 3.8) is 0 Å². The molecule has 13 heavy (non-hydrogen) atoms. The molecular formula is C9H12ClNO2. The Morgan fingerprint density at radius 3 is 2.38 bits per heavy atom. The summed E-state index contributed by atoms with van der Waals surface area (Å²) >= 11 is 0. The molecule has 0 amide bonds. The van der Waals surface area contributed by atoms with Gasteiger partial charge in [-0.3, -0.25) is 4.79 Å². The summed E-state index contributed by atoms with van der Waals surface area (Å²) in [5, 5.41) is 8.52. The molecule has 0 radical (unpaired) electrons. The number of carboxylic acid groups (broad SMARTS) is 1. The molecule has 1 aromatic carbocycles. The molecule has 0 unspecified atom stereocenters. The number of carboxylic acids is 1. The van der Waals surface area contributed by atoms with Gasteiger partial charge in [-0.25, -0.2) is 0 Å². The largest absolute Gasteiger partial charge is 0.480 e. The van der Waals surface area contributed by atoms with Crippen molar-refractivity contribution < 1.29 is 9.90 Å². The molecule has 0 aliphatic rings. The summed E-state index contributed by atoms with van der Waals surface area (Å²) in [5.74, 6) is -0.959. The van der Waals surface area contributed by atoms with Gasteiger partial charge >= 0.3 is 5.97 Å². The highest BCUT2D eigenvalue weighted by Gasteiger charge is 2.10. The van der Waals surface area contributed by atoms with E-state index < -0.39 is 12.0 Å². The van der Waals surface area contributed by atoms with Crippen LogP contribution >= 0.6 is 12.4 Å². The maximum absolute atomic E-state index is 10.4. The Labute approximate surface area is 83.0 Å². The standard InChI is InChI=1S/C9H11NO2.ClH/c10-8(9(11)12)6-7-4-2-1-3-5-7;/h1-5,8H,6,10H2,(H,11,12);1H/t8-;/m1./s1. The van der Waals surface area contributed by atoms with E-state index >= 15 is 0 Å². The van der Waals surface area contributed by atoms with Crippen molar-refractivity contribution in [3.8, 4) is 0 Å². The van der Waals surface area contributed by atoms with E-state index in [1.807, 2.05) is 30.3 Å². The molecule has 0 fully saturated rings. The smallest absolute Gasteiger partial charge is 0.320 e. The van der Waals surface area contributed by atoms with Crippen molar-refractivity contribution in [2.45, 2.75) is 12.5 Å². The van der Waals surface area contributed by atoms with Gasteiger partial charge in [-0.1, -0.05) is 30.3 Å². The second-order valence-corrected chi connectivity index (χ2v) is 2.63. The number of hydrogen-bond donors (Lipinski definition) is 2. The highest BCUT2D eigenvalue weighted by Crippen LogP contribution is 2.01. The minimum atomic E-state index is -0.959. The highest BCUT2D eigenvalue weighted by molar-refractivity contribution is 5.85. The molecule has 0 heterocycles. The highest BCUT2D eigenvalue weighted by atomic mass is 35.5. The van der Waals surface area contributed by atoms with Gasteiger partial charge in [0.05, 0.1) is 0 Å². The Bertz CT molecular complexity index is 264. The molecule has 0 bridgehead atoms. The van der Waals surface area contributed by atoms with Crippen LogP contribution in [0, 0.1) is 0 Å². The van der Waals surface area contributed by atoms with Crippen LogP contribution in [-0.2, 0) is 11.2 Å². The van der Waals surface area contributed by atoms with Crippen LogP contribution in [0.15, 0.2) is 30.3 Å². The molecule has 3 N–H and O–H groups in total. The lowest BCUT2D eigenvalue weighted by Crippen LogP contribution is -2.32. The van der Waals surface area contributed by atoms with Crippen molar-refractivity contribution in [2.75, 3.05) is 0 Å². The zero-order valence-corrected chi connectivity index (χ0v) is 7.83. The number of aliphatic carboxylic acids is 1. The zero-order valence-electron chi connectivity index (χ0n) is 7.01. The van der Waals surface area contributed by atoms with E-state index in [0.29, 0.717) is 6.42 Å². The first kappa shape index (κ1) is 11.9. The lowest BCUT2D eigenvalue weighted by molar-refractivity contribution is -0.138. The summed E-state index contributed by atoms with van der Waals surface area (Å²) in [5.41, 5.74) is 6.30. The fourth-order valence-corrected chi connectivity index (χ4v) is 0.955.